The van der Waals surface area contributed by atoms with Crippen LogP contribution in [0, 0.1) is 11.0 Å². The van der Waals surface area contributed by atoms with E-state index < -0.39 is 0 Å². The van der Waals surface area contributed by atoms with Crippen molar-refractivity contribution in [1.29, 1.82) is 0 Å². The molecule has 1 aromatic carbocycles. The number of thioether (sulfide) groups is 1. The maximum absolute atomic E-state index is 12.9. The fraction of sp³-hybridized carbons (Fsp3) is 0.0667. The van der Waals surface area contributed by atoms with Gasteiger partial charge in [0.1, 0.15) is 10.8 Å². The molecule has 0 saturated heterocycles. The number of halogens is 1. The molecule has 0 fully saturated rings. The number of hydrogen-bond donors (Lipinski definition) is 0. The third kappa shape index (κ3) is 3.40. The van der Waals surface area contributed by atoms with Gasteiger partial charge in [0.15, 0.2) is 6.20 Å². The molecule has 0 spiro atoms. The lowest BCUT2D eigenvalue weighted by Crippen LogP contribution is -2.27. The SMILES string of the molecule is [O-][n+]1ccccc1SCc1csc(-c2ccc(F)cc2)n1. The summed E-state index contributed by atoms with van der Waals surface area (Å²) >= 11 is 2.96. The first kappa shape index (κ1) is 14.0. The Labute approximate surface area is 129 Å². The highest BCUT2D eigenvalue weighted by Crippen LogP contribution is 2.27. The summed E-state index contributed by atoms with van der Waals surface area (Å²) in [7, 11) is 0. The zero-order chi connectivity index (χ0) is 14.7. The molecule has 2 aromatic heterocycles. The first-order chi connectivity index (χ1) is 10.2. The van der Waals surface area contributed by atoms with Gasteiger partial charge in [0.25, 0.3) is 5.03 Å². The molecule has 3 aromatic rings. The van der Waals surface area contributed by atoms with Crippen LogP contribution in [0.3, 0.4) is 0 Å². The van der Waals surface area contributed by atoms with Crippen LogP contribution < -0.4 is 4.73 Å². The highest BCUT2D eigenvalue weighted by Gasteiger charge is 2.09. The summed E-state index contributed by atoms with van der Waals surface area (Å²) in [6.45, 7) is 0. The Morgan fingerprint density at radius 1 is 1.19 bits per heavy atom. The van der Waals surface area contributed by atoms with Crippen LogP contribution in [-0.4, -0.2) is 4.98 Å². The molecule has 106 valence electrons. The number of pyridine rings is 1. The molecule has 0 amide bonds. The van der Waals surface area contributed by atoms with E-state index in [4.69, 9.17) is 0 Å². The van der Waals surface area contributed by atoms with Crippen molar-refractivity contribution in [3.05, 3.63) is 70.8 Å². The zero-order valence-electron chi connectivity index (χ0n) is 10.9. The second-order valence-corrected chi connectivity index (χ2v) is 6.16. The van der Waals surface area contributed by atoms with Crippen molar-refractivity contribution in [3.63, 3.8) is 0 Å². The van der Waals surface area contributed by atoms with Crippen LogP contribution in [0.1, 0.15) is 5.69 Å². The van der Waals surface area contributed by atoms with Crippen molar-refractivity contribution in [1.82, 2.24) is 4.98 Å². The van der Waals surface area contributed by atoms with Crippen LogP contribution in [0.15, 0.2) is 59.1 Å². The summed E-state index contributed by atoms with van der Waals surface area (Å²) in [4.78, 5) is 4.52. The molecule has 0 aliphatic heterocycles. The van der Waals surface area contributed by atoms with Crippen LogP contribution in [0.2, 0.25) is 0 Å². The predicted octanol–water partition coefficient (Wildman–Crippen LogP) is 3.87. The molecule has 0 bridgehead atoms. The number of nitrogens with zero attached hydrogens (tertiary/aromatic N) is 2. The highest BCUT2D eigenvalue weighted by molar-refractivity contribution is 7.98. The van der Waals surface area contributed by atoms with E-state index in [2.05, 4.69) is 4.98 Å². The molecule has 0 atom stereocenters. The van der Waals surface area contributed by atoms with Crippen LogP contribution in [0.4, 0.5) is 4.39 Å². The minimum Gasteiger partial charge on any atom is -0.618 e. The first-order valence-corrected chi connectivity index (χ1v) is 8.10. The summed E-state index contributed by atoms with van der Waals surface area (Å²) in [5.41, 5.74) is 1.81. The topological polar surface area (TPSA) is 39.8 Å². The summed E-state index contributed by atoms with van der Waals surface area (Å²) < 4.78 is 13.7. The van der Waals surface area contributed by atoms with E-state index in [-0.39, 0.29) is 5.82 Å². The van der Waals surface area contributed by atoms with Crippen molar-refractivity contribution < 1.29 is 9.12 Å². The molecular weight excluding hydrogens is 307 g/mol. The molecule has 2 heterocycles. The van der Waals surface area contributed by atoms with Crippen LogP contribution in [-0.2, 0) is 5.75 Å². The Balaban J connectivity index is 1.71. The third-order valence-electron chi connectivity index (χ3n) is 2.80. The molecule has 0 unspecified atom stereocenters. The molecule has 3 nitrogen and oxygen atoms in total. The van der Waals surface area contributed by atoms with Gasteiger partial charge in [0.2, 0.25) is 0 Å². The minimum atomic E-state index is -0.254. The number of benzene rings is 1. The third-order valence-corrected chi connectivity index (χ3v) is 4.79. The van der Waals surface area contributed by atoms with E-state index in [0.717, 1.165) is 21.0 Å². The molecule has 0 aliphatic carbocycles. The average Bonchev–Trinajstić information content (AvgIpc) is 2.96. The summed E-state index contributed by atoms with van der Waals surface area (Å²) in [5.74, 6) is 0.374. The Kier molecular flexibility index (Phi) is 4.17. The molecule has 0 N–H and O–H groups in total. The molecule has 3 rings (SSSR count). The first-order valence-electron chi connectivity index (χ1n) is 6.24. The Hall–Kier alpha value is -1.92. The smallest absolute Gasteiger partial charge is 0.251 e. The fourth-order valence-electron chi connectivity index (χ4n) is 1.77. The van der Waals surface area contributed by atoms with Gasteiger partial charge in [0.05, 0.1) is 5.69 Å². The van der Waals surface area contributed by atoms with Crippen molar-refractivity contribution in [2.45, 2.75) is 10.8 Å². The normalized spacial score (nSPS) is 10.7. The lowest BCUT2D eigenvalue weighted by Gasteiger charge is -2.01. The second kappa shape index (κ2) is 6.24. The number of hydrogen-bond acceptors (Lipinski definition) is 4. The van der Waals surface area contributed by atoms with E-state index in [9.17, 15) is 9.60 Å². The largest absolute Gasteiger partial charge is 0.618 e. The summed E-state index contributed by atoms with van der Waals surface area (Å²) in [6, 6.07) is 11.6. The van der Waals surface area contributed by atoms with E-state index in [1.54, 1.807) is 24.3 Å². The number of aromatic nitrogens is 2. The van der Waals surface area contributed by atoms with E-state index in [0.29, 0.717) is 10.8 Å². The van der Waals surface area contributed by atoms with Crippen LogP contribution >= 0.6 is 23.1 Å². The van der Waals surface area contributed by atoms with Gasteiger partial charge in [-0.1, -0.05) is 0 Å². The van der Waals surface area contributed by atoms with Gasteiger partial charge < -0.3 is 5.21 Å². The maximum Gasteiger partial charge on any atom is 0.251 e. The Bertz CT molecular complexity index is 743. The van der Waals surface area contributed by atoms with Crippen LogP contribution in [0.25, 0.3) is 10.6 Å². The molecular formula is C15H11FN2OS2. The molecule has 0 aliphatic rings. The lowest BCUT2D eigenvalue weighted by molar-refractivity contribution is -0.645. The Morgan fingerprint density at radius 2 is 2.00 bits per heavy atom. The Morgan fingerprint density at radius 3 is 2.76 bits per heavy atom. The zero-order valence-corrected chi connectivity index (χ0v) is 12.5. The number of thiazole rings is 1. The van der Waals surface area contributed by atoms with E-state index in [1.165, 1.54) is 41.4 Å². The van der Waals surface area contributed by atoms with Gasteiger partial charge >= 0.3 is 0 Å². The quantitative estimate of drug-likeness (QED) is 0.416. The second-order valence-electron chi connectivity index (χ2n) is 4.30. The van der Waals surface area contributed by atoms with Gasteiger partial charge in [-0.15, -0.1) is 11.3 Å². The van der Waals surface area contributed by atoms with Gasteiger partial charge in [-0.3, -0.25) is 0 Å². The average molecular weight is 318 g/mol. The van der Waals surface area contributed by atoms with E-state index >= 15 is 0 Å². The maximum atomic E-state index is 12.9. The monoisotopic (exact) mass is 318 g/mol. The van der Waals surface area contributed by atoms with Crippen molar-refractivity contribution in [2.24, 2.45) is 0 Å². The fourth-order valence-corrected chi connectivity index (χ4v) is 3.51. The number of rotatable bonds is 4. The molecule has 6 heteroatoms. The van der Waals surface area contributed by atoms with Crippen LogP contribution in [0.5, 0.6) is 0 Å². The molecule has 21 heavy (non-hydrogen) atoms. The van der Waals surface area contributed by atoms with Crippen molar-refractivity contribution in [2.75, 3.05) is 0 Å². The van der Waals surface area contributed by atoms with E-state index in [1.807, 2.05) is 11.4 Å². The van der Waals surface area contributed by atoms with Gasteiger partial charge in [-0.25, -0.2) is 9.37 Å². The van der Waals surface area contributed by atoms with Crippen molar-refractivity contribution >= 4 is 23.1 Å². The van der Waals surface area contributed by atoms with Crippen molar-refractivity contribution in [3.8, 4) is 10.6 Å². The minimum absolute atomic E-state index is 0.254. The van der Waals surface area contributed by atoms with Gasteiger partial charge in [-0.2, -0.15) is 4.73 Å². The lowest BCUT2D eigenvalue weighted by atomic mass is 10.2. The van der Waals surface area contributed by atoms with Gasteiger partial charge in [-0.05, 0) is 42.1 Å². The predicted molar refractivity (Wildman–Crippen MR) is 82.5 cm³/mol. The molecule has 0 radical (unpaired) electrons. The standard InChI is InChI=1S/C15H11FN2OS2/c16-12-6-4-11(5-7-12)15-17-13(10-21-15)9-20-14-3-1-2-8-18(14)19/h1-8,10H,9H2. The van der Waals surface area contributed by atoms with Gasteiger partial charge in [0, 0.05) is 28.8 Å². The molecule has 0 saturated carbocycles. The summed E-state index contributed by atoms with van der Waals surface area (Å²) in [6.07, 6.45) is 1.48. The highest BCUT2D eigenvalue weighted by atomic mass is 32.2. The summed E-state index contributed by atoms with van der Waals surface area (Å²) in [5, 5.41) is 15.0.